The molecule has 1 fully saturated rings. The van der Waals surface area contributed by atoms with E-state index < -0.39 is 23.8 Å². The number of aromatic hydroxyl groups is 1. The van der Waals surface area contributed by atoms with E-state index in [4.69, 9.17) is 28.4 Å². The SMILES string of the molecule is CCOC(=O)c1ccccc1N[C@@H]1c2cc3c(cc2[C@@H](c2cc(OC)c(O)c(OC)c2)[C@H]2C(=O)OC[C@@H]21)OCO3. The molecule has 0 radical (unpaired) electrons. The number of esters is 2. The molecule has 10 heteroatoms. The lowest BCUT2D eigenvalue weighted by Gasteiger charge is -2.40. The van der Waals surface area contributed by atoms with E-state index >= 15 is 0 Å². The second-order valence-corrected chi connectivity index (χ2v) is 9.79. The molecule has 1 aliphatic carbocycles. The summed E-state index contributed by atoms with van der Waals surface area (Å²) in [5.41, 5.74) is 3.39. The van der Waals surface area contributed by atoms with Crippen LogP contribution in [0.3, 0.4) is 0 Å². The summed E-state index contributed by atoms with van der Waals surface area (Å²) in [4.78, 5) is 26.1. The van der Waals surface area contributed by atoms with Gasteiger partial charge >= 0.3 is 11.9 Å². The van der Waals surface area contributed by atoms with Crippen molar-refractivity contribution in [3.63, 3.8) is 0 Å². The highest BCUT2D eigenvalue weighted by molar-refractivity contribution is 5.95. The van der Waals surface area contributed by atoms with Gasteiger partial charge < -0.3 is 38.8 Å². The number of hydrogen-bond acceptors (Lipinski definition) is 10. The Morgan fingerprint density at radius 2 is 1.68 bits per heavy atom. The maximum absolute atomic E-state index is 13.4. The van der Waals surface area contributed by atoms with E-state index in [0.29, 0.717) is 28.3 Å². The predicted octanol–water partition coefficient (Wildman–Crippen LogP) is 4.40. The average molecular weight is 548 g/mol. The zero-order valence-corrected chi connectivity index (χ0v) is 22.3. The Balaban J connectivity index is 1.53. The molecule has 208 valence electrons. The normalized spacial score (nSPS) is 22.1. The Morgan fingerprint density at radius 1 is 1.00 bits per heavy atom. The van der Waals surface area contributed by atoms with Crippen LogP contribution in [0.1, 0.15) is 45.9 Å². The first-order valence-electron chi connectivity index (χ1n) is 13.0. The number of fused-ring (bicyclic) bond motifs is 3. The lowest BCUT2D eigenvalue weighted by Crippen LogP contribution is -2.38. The minimum absolute atomic E-state index is 0.0857. The van der Waals surface area contributed by atoms with Crippen LogP contribution in [0.5, 0.6) is 28.7 Å². The molecule has 0 amide bonds. The Hall–Kier alpha value is -4.60. The molecule has 2 heterocycles. The van der Waals surface area contributed by atoms with Crippen molar-refractivity contribution in [1.29, 1.82) is 0 Å². The molecule has 6 rings (SSSR count). The van der Waals surface area contributed by atoms with Gasteiger partial charge in [0.2, 0.25) is 12.5 Å². The van der Waals surface area contributed by atoms with Gasteiger partial charge in [0, 0.05) is 17.5 Å². The minimum Gasteiger partial charge on any atom is -0.502 e. The molecule has 40 heavy (non-hydrogen) atoms. The number of phenols is 1. The number of rotatable bonds is 7. The standard InChI is InChI=1S/C30H29NO9/c1-4-37-29(33)16-7-5-6-8-20(16)31-27-18-12-22-21(39-14-40-22)11-17(18)25(26-19(27)13-38-30(26)34)15-9-23(35-2)28(32)24(10-15)36-3/h5-12,19,25-27,31-32H,4,13-14H2,1-3H3/t19-,25+,26-,27+/m0/s1. The first kappa shape index (κ1) is 25.7. The van der Waals surface area contributed by atoms with Crippen LogP contribution in [0.4, 0.5) is 5.69 Å². The van der Waals surface area contributed by atoms with Gasteiger partial charge in [0.1, 0.15) is 0 Å². The molecule has 0 saturated carbocycles. The van der Waals surface area contributed by atoms with E-state index in [1.807, 2.05) is 24.3 Å². The number of benzene rings is 3. The summed E-state index contributed by atoms with van der Waals surface area (Å²) in [6.45, 7) is 2.27. The van der Waals surface area contributed by atoms with E-state index in [2.05, 4.69) is 5.32 Å². The molecule has 3 aromatic rings. The van der Waals surface area contributed by atoms with Crippen molar-refractivity contribution >= 4 is 17.6 Å². The second-order valence-electron chi connectivity index (χ2n) is 9.79. The first-order valence-corrected chi connectivity index (χ1v) is 13.0. The average Bonchev–Trinajstić information content (AvgIpc) is 3.59. The molecule has 4 atom stereocenters. The first-order chi connectivity index (χ1) is 19.4. The smallest absolute Gasteiger partial charge is 0.340 e. The van der Waals surface area contributed by atoms with Gasteiger partial charge in [-0.15, -0.1) is 0 Å². The number of hydrogen-bond donors (Lipinski definition) is 2. The number of carbonyl (C=O) groups excluding carboxylic acids is 2. The molecule has 0 bridgehead atoms. The van der Waals surface area contributed by atoms with Crippen LogP contribution >= 0.6 is 0 Å². The largest absolute Gasteiger partial charge is 0.502 e. The van der Waals surface area contributed by atoms with E-state index in [-0.39, 0.29) is 49.1 Å². The van der Waals surface area contributed by atoms with Crippen LogP contribution in [0.2, 0.25) is 0 Å². The van der Waals surface area contributed by atoms with Crippen molar-refractivity contribution in [2.45, 2.75) is 18.9 Å². The fraction of sp³-hybridized carbons (Fsp3) is 0.333. The fourth-order valence-corrected chi connectivity index (χ4v) is 6.00. The molecule has 3 aliphatic rings. The number of para-hydroxylation sites is 1. The van der Waals surface area contributed by atoms with Crippen LogP contribution in [-0.2, 0) is 14.3 Å². The van der Waals surface area contributed by atoms with E-state index in [1.54, 1.807) is 31.2 Å². The Kier molecular flexibility index (Phi) is 6.53. The highest BCUT2D eigenvalue weighted by atomic mass is 16.7. The zero-order valence-electron chi connectivity index (χ0n) is 22.3. The third kappa shape index (κ3) is 4.11. The Morgan fingerprint density at radius 3 is 2.35 bits per heavy atom. The quantitative estimate of drug-likeness (QED) is 0.412. The van der Waals surface area contributed by atoms with Crippen LogP contribution in [0, 0.1) is 11.8 Å². The molecular weight excluding hydrogens is 518 g/mol. The highest BCUT2D eigenvalue weighted by Gasteiger charge is 2.53. The van der Waals surface area contributed by atoms with E-state index in [0.717, 1.165) is 11.1 Å². The lowest BCUT2D eigenvalue weighted by molar-refractivity contribution is -0.141. The Labute approximate surface area is 230 Å². The predicted molar refractivity (Wildman–Crippen MR) is 142 cm³/mol. The van der Waals surface area contributed by atoms with Gasteiger partial charge in [0.15, 0.2) is 23.0 Å². The molecule has 2 N–H and O–H groups in total. The zero-order chi connectivity index (χ0) is 28.0. The molecule has 0 unspecified atom stereocenters. The van der Waals surface area contributed by atoms with Crippen molar-refractivity contribution in [2.75, 3.05) is 39.5 Å². The number of anilines is 1. The van der Waals surface area contributed by atoms with E-state index in [9.17, 15) is 14.7 Å². The van der Waals surface area contributed by atoms with Crippen molar-refractivity contribution in [2.24, 2.45) is 11.8 Å². The molecule has 10 nitrogen and oxygen atoms in total. The molecule has 2 aliphatic heterocycles. The number of methoxy groups -OCH3 is 2. The van der Waals surface area contributed by atoms with Gasteiger partial charge in [-0.1, -0.05) is 12.1 Å². The monoisotopic (exact) mass is 547 g/mol. The number of carbonyl (C=O) groups is 2. The Bertz CT molecular complexity index is 1460. The maximum Gasteiger partial charge on any atom is 0.340 e. The molecule has 0 aromatic heterocycles. The van der Waals surface area contributed by atoms with Gasteiger partial charge in [0.05, 0.1) is 45.0 Å². The third-order valence-electron chi connectivity index (χ3n) is 7.78. The van der Waals surface area contributed by atoms with Crippen molar-refractivity contribution in [1.82, 2.24) is 0 Å². The minimum atomic E-state index is -0.584. The maximum atomic E-state index is 13.4. The summed E-state index contributed by atoms with van der Waals surface area (Å²) in [5.74, 6) is -0.651. The molecular formula is C30H29NO9. The number of nitrogens with one attached hydrogen (secondary N) is 1. The summed E-state index contributed by atoms with van der Waals surface area (Å²) in [5, 5.41) is 14.1. The van der Waals surface area contributed by atoms with Crippen LogP contribution in [0.15, 0.2) is 48.5 Å². The van der Waals surface area contributed by atoms with Crippen molar-refractivity contribution < 1.29 is 43.1 Å². The van der Waals surface area contributed by atoms with Gasteiger partial charge in [-0.2, -0.15) is 0 Å². The fourth-order valence-electron chi connectivity index (χ4n) is 6.00. The second kappa shape index (κ2) is 10.2. The number of cyclic esters (lactones) is 1. The van der Waals surface area contributed by atoms with Crippen LogP contribution < -0.4 is 24.3 Å². The summed E-state index contributed by atoms with van der Waals surface area (Å²) in [6, 6.07) is 13.9. The number of ether oxygens (including phenoxy) is 6. The summed E-state index contributed by atoms with van der Waals surface area (Å²) < 4.78 is 33.2. The highest BCUT2D eigenvalue weighted by Crippen LogP contribution is 2.56. The summed E-state index contributed by atoms with van der Waals surface area (Å²) in [7, 11) is 2.91. The molecule has 0 spiro atoms. The van der Waals surface area contributed by atoms with Gasteiger partial charge in [-0.25, -0.2) is 4.79 Å². The lowest BCUT2D eigenvalue weighted by atomic mass is 9.65. The van der Waals surface area contributed by atoms with Gasteiger partial charge in [-0.05, 0) is 60.0 Å². The van der Waals surface area contributed by atoms with Crippen molar-refractivity contribution in [3.05, 3.63) is 70.8 Å². The molecule has 1 saturated heterocycles. The summed E-state index contributed by atoms with van der Waals surface area (Å²) in [6.07, 6.45) is 0. The van der Waals surface area contributed by atoms with Gasteiger partial charge in [-0.3, -0.25) is 4.79 Å². The summed E-state index contributed by atoms with van der Waals surface area (Å²) >= 11 is 0. The van der Waals surface area contributed by atoms with Crippen LogP contribution in [0.25, 0.3) is 0 Å². The van der Waals surface area contributed by atoms with Crippen LogP contribution in [-0.4, -0.2) is 51.3 Å². The van der Waals surface area contributed by atoms with Crippen molar-refractivity contribution in [3.8, 4) is 28.7 Å². The van der Waals surface area contributed by atoms with E-state index in [1.165, 1.54) is 14.2 Å². The topological polar surface area (TPSA) is 122 Å². The third-order valence-corrected chi connectivity index (χ3v) is 7.78. The molecule has 3 aromatic carbocycles. The van der Waals surface area contributed by atoms with Gasteiger partial charge in [0.25, 0.3) is 0 Å². The number of phenolic OH excluding ortho intramolecular Hbond substituents is 1.